The van der Waals surface area contributed by atoms with Gasteiger partial charge in [-0.05, 0) is 15.9 Å². The Kier molecular flexibility index (Phi) is 4.50. The van der Waals surface area contributed by atoms with Crippen LogP contribution in [-0.2, 0) is 4.74 Å². The topological polar surface area (TPSA) is 42.4 Å². The molecule has 0 bridgehead atoms. The smallest absolute Gasteiger partial charge is 0.265 e. The Morgan fingerprint density at radius 3 is 3.00 bits per heavy atom. The van der Waals surface area contributed by atoms with E-state index in [9.17, 15) is 4.79 Å². The second-order valence-electron chi connectivity index (χ2n) is 2.70. The number of thiazole rings is 1. The number of hydrogen-bond donors (Lipinski definition) is 0. The maximum absolute atomic E-state index is 11.7. The number of rotatable bonds is 4. The number of methoxy groups -OCH3 is 1. The predicted octanol–water partition coefficient (Wildman–Crippen LogP) is 1.62. The second-order valence-corrected chi connectivity index (χ2v) is 5.00. The number of aromatic nitrogens is 1. The molecule has 0 N–H and O–H groups in total. The minimum atomic E-state index is -0.0229. The molecule has 78 valence electrons. The Morgan fingerprint density at radius 1 is 1.79 bits per heavy atom. The molecule has 0 aliphatic heterocycles. The van der Waals surface area contributed by atoms with Gasteiger partial charge in [0.2, 0.25) is 0 Å². The van der Waals surface area contributed by atoms with E-state index in [4.69, 9.17) is 4.74 Å². The third-order valence-electron chi connectivity index (χ3n) is 1.67. The van der Waals surface area contributed by atoms with E-state index in [0.29, 0.717) is 18.0 Å². The van der Waals surface area contributed by atoms with Gasteiger partial charge in [0.1, 0.15) is 4.88 Å². The van der Waals surface area contributed by atoms with Crippen molar-refractivity contribution in [2.75, 3.05) is 27.3 Å². The molecule has 0 radical (unpaired) electrons. The van der Waals surface area contributed by atoms with Crippen molar-refractivity contribution in [3.63, 3.8) is 0 Å². The number of halogens is 1. The maximum atomic E-state index is 11.7. The minimum Gasteiger partial charge on any atom is -0.383 e. The van der Waals surface area contributed by atoms with Gasteiger partial charge in [-0.15, -0.1) is 11.3 Å². The molecule has 1 amide bonds. The van der Waals surface area contributed by atoms with Gasteiger partial charge in [0.25, 0.3) is 5.91 Å². The molecule has 0 unspecified atom stereocenters. The first-order chi connectivity index (χ1) is 6.65. The Bertz CT molecular complexity index is 316. The van der Waals surface area contributed by atoms with Crippen molar-refractivity contribution in [1.29, 1.82) is 0 Å². The van der Waals surface area contributed by atoms with Crippen molar-refractivity contribution in [2.24, 2.45) is 0 Å². The van der Waals surface area contributed by atoms with E-state index < -0.39 is 0 Å². The number of likely N-dealkylation sites (N-methyl/N-ethyl adjacent to an activating group) is 1. The molecule has 14 heavy (non-hydrogen) atoms. The maximum Gasteiger partial charge on any atom is 0.265 e. The fraction of sp³-hybridized carbons (Fsp3) is 0.500. The fourth-order valence-electron chi connectivity index (χ4n) is 0.870. The summed E-state index contributed by atoms with van der Waals surface area (Å²) >= 11 is 4.55. The average molecular weight is 279 g/mol. The number of ether oxygens (including phenoxy) is 1. The van der Waals surface area contributed by atoms with Crippen molar-refractivity contribution in [1.82, 2.24) is 9.88 Å². The second kappa shape index (κ2) is 5.43. The molecule has 0 aliphatic rings. The summed E-state index contributed by atoms with van der Waals surface area (Å²) in [5, 5.41) is 0. The number of nitrogens with zero attached hydrogens (tertiary/aromatic N) is 2. The van der Waals surface area contributed by atoms with Crippen molar-refractivity contribution in [3.8, 4) is 0 Å². The van der Waals surface area contributed by atoms with Gasteiger partial charge in [0, 0.05) is 20.7 Å². The van der Waals surface area contributed by atoms with E-state index in [1.54, 1.807) is 25.3 Å². The molecular formula is C8H11BrN2O2S. The highest BCUT2D eigenvalue weighted by molar-refractivity contribution is 9.11. The highest BCUT2D eigenvalue weighted by Gasteiger charge is 2.13. The van der Waals surface area contributed by atoms with Gasteiger partial charge < -0.3 is 9.64 Å². The molecule has 0 aromatic carbocycles. The van der Waals surface area contributed by atoms with Gasteiger partial charge in [0.05, 0.1) is 12.8 Å². The van der Waals surface area contributed by atoms with Crippen LogP contribution in [0.5, 0.6) is 0 Å². The summed E-state index contributed by atoms with van der Waals surface area (Å²) in [5.74, 6) is -0.0229. The first-order valence-corrected chi connectivity index (χ1v) is 5.62. The van der Waals surface area contributed by atoms with Gasteiger partial charge in [0.15, 0.2) is 3.92 Å². The van der Waals surface area contributed by atoms with Crippen LogP contribution >= 0.6 is 27.3 Å². The molecule has 0 aliphatic carbocycles. The van der Waals surface area contributed by atoms with Crippen LogP contribution in [0.25, 0.3) is 0 Å². The van der Waals surface area contributed by atoms with E-state index in [1.165, 1.54) is 11.3 Å². The zero-order valence-electron chi connectivity index (χ0n) is 7.99. The van der Waals surface area contributed by atoms with Crippen molar-refractivity contribution in [3.05, 3.63) is 15.0 Å². The van der Waals surface area contributed by atoms with Crippen molar-refractivity contribution in [2.45, 2.75) is 0 Å². The highest BCUT2D eigenvalue weighted by atomic mass is 79.9. The molecule has 1 aromatic rings. The van der Waals surface area contributed by atoms with Crippen LogP contribution in [0.2, 0.25) is 0 Å². The minimum absolute atomic E-state index is 0.0229. The van der Waals surface area contributed by atoms with Crippen LogP contribution in [-0.4, -0.2) is 43.1 Å². The molecule has 0 fully saturated rings. The lowest BCUT2D eigenvalue weighted by molar-refractivity contribution is 0.0748. The SMILES string of the molecule is COCCN(C)C(=O)c1cnc(Br)s1. The lowest BCUT2D eigenvalue weighted by Gasteiger charge is -2.14. The Labute approximate surface area is 95.0 Å². The number of amides is 1. The van der Waals surface area contributed by atoms with Crippen molar-refractivity contribution < 1.29 is 9.53 Å². The molecule has 0 saturated heterocycles. The largest absolute Gasteiger partial charge is 0.383 e. The normalized spacial score (nSPS) is 10.2. The van der Waals surface area contributed by atoms with Crippen molar-refractivity contribution >= 4 is 33.2 Å². The Morgan fingerprint density at radius 2 is 2.50 bits per heavy atom. The van der Waals surface area contributed by atoms with Gasteiger partial charge >= 0.3 is 0 Å². The highest BCUT2D eigenvalue weighted by Crippen LogP contribution is 2.19. The molecule has 0 saturated carbocycles. The van der Waals surface area contributed by atoms with Crippen LogP contribution in [0.15, 0.2) is 10.1 Å². The van der Waals surface area contributed by atoms with Gasteiger partial charge in [-0.25, -0.2) is 4.98 Å². The van der Waals surface area contributed by atoms with Crippen LogP contribution < -0.4 is 0 Å². The summed E-state index contributed by atoms with van der Waals surface area (Å²) in [6, 6.07) is 0. The first-order valence-electron chi connectivity index (χ1n) is 4.01. The zero-order chi connectivity index (χ0) is 10.6. The summed E-state index contributed by atoms with van der Waals surface area (Å²) in [4.78, 5) is 17.9. The van der Waals surface area contributed by atoms with E-state index in [0.717, 1.165) is 3.92 Å². The van der Waals surface area contributed by atoms with E-state index >= 15 is 0 Å². The standard InChI is InChI=1S/C8H11BrN2O2S/c1-11(3-4-13-2)7(12)6-5-10-8(9)14-6/h5H,3-4H2,1-2H3. The third kappa shape index (κ3) is 3.04. The monoisotopic (exact) mass is 278 g/mol. The van der Waals surface area contributed by atoms with Crippen LogP contribution in [0.3, 0.4) is 0 Å². The number of carbonyl (C=O) groups excluding carboxylic acids is 1. The van der Waals surface area contributed by atoms with Gasteiger partial charge in [-0.3, -0.25) is 4.79 Å². The van der Waals surface area contributed by atoms with Crippen LogP contribution in [0.1, 0.15) is 9.67 Å². The third-order valence-corrected chi connectivity index (χ3v) is 3.13. The lowest BCUT2D eigenvalue weighted by Crippen LogP contribution is -2.29. The average Bonchev–Trinajstić information content (AvgIpc) is 2.60. The summed E-state index contributed by atoms with van der Waals surface area (Å²) in [5.41, 5.74) is 0. The van der Waals surface area contributed by atoms with E-state index in [2.05, 4.69) is 20.9 Å². The summed E-state index contributed by atoms with van der Waals surface area (Å²) in [6.07, 6.45) is 1.57. The molecule has 1 rings (SSSR count). The van der Waals surface area contributed by atoms with E-state index in [1.807, 2.05) is 0 Å². The molecule has 6 heteroatoms. The fourth-order valence-corrected chi connectivity index (χ4v) is 2.13. The molecule has 0 atom stereocenters. The van der Waals surface area contributed by atoms with Gasteiger partial charge in [-0.1, -0.05) is 0 Å². The summed E-state index contributed by atoms with van der Waals surface area (Å²) < 4.78 is 5.61. The zero-order valence-corrected chi connectivity index (χ0v) is 10.4. The molecule has 4 nitrogen and oxygen atoms in total. The summed E-state index contributed by atoms with van der Waals surface area (Å²) in [6.45, 7) is 1.13. The molecular weight excluding hydrogens is 268 g/mol. The molecule has 1 heterocycles. The Hall–Kier alpha value is -0.460. The first kappa shape index (κ1) is 11.6. The predicted molar refractivity (Wildman–Crippen MR) is 58.7 cm³/mol. The molecule has 1 aromatic heterocycles. The quantitative estimate of drug-likeness (QED) is 0.841. The lowest BCUT2D eigenvalue weighted by atomic mass is 10.4. The Balaban J connectivity index is 2.56. The number of hydrogen-bond acceptors (Lipinski definition) is 4. The molecule has 0 spiro atoms. The number of carbonyl (C=O) groups is 1. The van der Waals surface area contributed by atoms with Crippen LogP contribution in [0.4, 0.5) is 0 Å². The van der Waals surface area contributed by atoms with E-state index in [-0.39, 0.29) is 5.91 Å². The van der Waals surface area contributed by atoms with Crippen LogP contribution in [0, 0.1) is 0 Å². The summed E-state index contributed by atoms with van der Waals surface area (Å²) in [7, 11) is 3.36. The van der Waals surface area contributed by atoms with Gasteiger partial charge in [-0.2, -0.15) is 0 Å².